The molecule has 0 atom stereocenters. The normalized spacial score (nSPS) is 11.0. The van der Waals surface area contributed by atoms with Crippen LogP contribution < -0.4 is 0 Å². The van der Waals surface area contributed by atoms with Crippen molar-refractivity contribution in [2.45, 2.75) is 59.3 Å². The van der Waals surface area contributed by atoms with Crippen molar-refractivity contribution in [2.24, 2.45) is 0 Å². The van der Waals surface area contributed by atoms with Crippen molar-refractivity contribution < 1.29 is 0 Å². The molecule has 0 aromatic carbocycles. The minimum atomic E-state index is 0.436. The molecule has 9 heteroatoms. The third kappa shape index (κ3) is 7.28. The van der Waals surface area contributed by atoms with E-state index < -0.39 is 0 Å². The predicted octanol–water partition coefficient (Wildman–Crippen LogP) is 6.44. The summed E-state index contributed by atoms with van der Waals surface area (Å²) in [5.41, 5.74) is 7.36. The van der Waals surface area contributed by atoms with Crippen molar-refractivity contribution in [3.63, 3.8) is 0 Å². The van der Waals surface area contributed by atoms with E-state index in [-0.39, 0.29) is 0 Å². The third-order valence-corrected chi connectivity index (χ3v) is 5.90. The molecule has 198 valence electrons. The van der Waals surface area contributed by atoms with Gasteiger partial charge in [-0.1, -0.05) is 41.5 Å². The molecule has 0 amide bonds. The van der Waals surface area contributed by atoms with Gasteiger partial charge in [0.15, 0.2) is 11.3 Å². The molecule has 6 heterocycles. The zero-order chi connectivity index (χ0) is 27.8. The van der Waals surface area contributed by atoms with E-state index in [0.717, 1.165) is 50.3 Å². The molecule has 0 aliphatic heterocycles. The number of hydrogen-bond acceptors (Lipinski definition) is 9. The van der Waals surface area contributed by atoms with Crippen molar-refractivity contribution in [3.05, 3.63) is 90.9 Å². The molecular weight excluding hydrogens is 486 g/mol. The maximum Gasteiger partial charge on any atom is 0.178 e. The number of rotatable bonds is 3. The Bertz CT molecular complexity index is 1470. The van der Waals surface area contributed by atoms with Gasteiger partial charge in [0.25, 0.3) is 0 Å². The zero-order valence-electron chi connectivity index (χ0n) is 23.2. The predicted molar refractivity (Wildman–Crippen MR) is 154 cm³/mol. The van der Waals surface area contributed by atoms with Gasteiger partial charge >= 0.3 is 0 Å². The highest BCUT2D eigenvalue weighted by Crippen LogP contribution is 2.16. The van der Waals surface area contributed by atoms with Crippen LogP contribution in [0.5, 0.6) is 0 Å². The van der Waals surface area contributed by atoms with E-state index in [1.165, 1.54) is 6.33 Å². The molecule has 0 fully saturated rings. The molecule has 0 saturated carbocycles. The van der Waals surface area contributed by atoms with Crippen LogP contribution in [0.15, 0.2) is 73.8 Å². The summed E-state index contributed by atoms with van der Waals surface area (Å²) in [6.45, 7) is 12.7. The molecule has 0 N–H and O–H groups in total. The van der Waals surface area contributed by atoms with Crippen molar-refractivity contribution in [1.29, 1.82) is 0 Å². The molecular formula is C30H33N9. The van der Waals surface area contributed by atoms with Crippen LogP contribution in [0.2, 0.25) is 0 Å². The van der Waals surface area contributed by atoms with Gasteiger partial charge in [-0.3, -0.25) is 4.98 Å². The molecule has 0 aliphatic carbocycles. The first-order valence-electron chi connectivity index (χ1n) is 13.0. The Morgan fingerprint density at radius 3 is 1.74 bits per heavy atom. The summed E-state index contributed by atoms with van der Waals surface area (Å²) in [5, 5.41) is 0.993. The molecule has 6 aromatic heterocycles. The highest BCUT2D eigenvalue weighted by molar-refractivity contribution is 5.73. The van der Waals surface area contributed by atoms with E-state index in [0.29, 0.717) is 17.8 Å². The molecule has 0 radical (unpaired) electrons. The molecule has 6 aromatic rings. The summed E-state index contributed by atoms with van der Waals surface area (Å²) in [4.78, 5) is 37.7. The lowest BCUT2D eigenvalue weighted by molar-refractivity contribution is 0.827. The first-order chi connectivity index (χ1) is 18.8. The number of hydrogen-bond donors (Lipinski definition) is 0. The second-order valence-electron chi connectivity index (χ2n) is 9.93. The van der Waals surface area contributed by atoms with Gasteiger partial charge in [-0.2, -0.15) is 0 Å². The minimum absolute atomic E-state index is 0.436. The summed E-state index contributed by atoms with van der Waals surface area (Å²) >= 11 is 0. The Balaban J connectivity index is 0.000000136. The quantitative estimate of drug-likeness (QED) is 0.260. The van der Waals surface area contributed by atoms with Crippen molar-refractivity contribution in [1.82, 2.24) is 44.9 Å². The van der Waals surface area contributed by atoms with E-state index >= 15 is 0 Å². The Kier molecular flexibility index (Phi) is 9.04. The van der Waals surface area contributed by atoms with Gasteiger partial charge in [0, 0.05) is 41.1 Å². The fourth-order valence-corrected chi connectivity index (χ4v) is 3.60. The average molecular weight is 520 g/mol. The van der Waals surface area contributed by atoms with Gasteiger partial charge in [-0.15, -0.1) is 0 Å². The highest BCUT2D eigenvalue weighted by atomic mass is 14.9. The number of aromatic nitrogens is 9. The van der Waals surface area contributed by atoms with Gasteiger partial charge in [-0.25, -0.2) is 39.9 Å². The van der Waals surface area contributed by atoms with Gasteiger partial charge < -0.3 is 0 Å². The van der Waals surface area contributed by atoms with E-state index in [9.17, 15) is 0 Å². The topological polar surface area (TPSA) is 116 Å². The molecule has 0 saturated heterocycles. The summed E-state index contributed by atoms with van der Waals surface area (Å²) in [6.07, 6.45) is 9.94. The van der Waals surface area contributed by atoms with Crippen molar-refractivity contribution in [2.75, 3.05) is 0 Å². The van der Waals surface area contributed by atoms with Crippen LogP contribution in [0.25, 0.3) is 33.2 Å². The van der Waals surface area contributed by atoms with E-state index in [2.05, 4.69) is 86.4 Å². The fourth-order valence-electron chi connectivity index (χ4n) is 3.60. The molecule has 39 heavy (non-hydrogen) atoms. The minimum Gasteiger partial charge on any atom is -0.251 e. The summed E-state index contributed by atoms with van der Waals surface area (Å²) in [7, 11) is 0. The van der Waals surface area contributed by atoms with E-state index in [1.807, 2.05) is 36.4 Å². The Morgan fingerprint density at radius 1 is 0.462 bits per heavy atom. The summed E-state index contributed by atoms with van der Waals surface area (Å²) < 4.78 is 0. The maximum atomic E-state index is 4.45. The van der Waals surface area contributed by atoms with Crippen molar-refractivity contribution in [3.8, 4) is 0 Å². The second kappa shape index (κ2) is 12.8. The number of nitrogens with zero attached hydrogens (tertiary/aromatic N) is 9. The van der Waals surface area contributed by atoms with Gasteiger partial charge in [0.2, 0.25) is 0 Å². The van der Waals surface area contributed by atoms with Gasteiger partial charge in [0.1, 0.15) is 23.7 Å². The maximum absolute atomic E-state index is 4.45. The van der Waals surface area contributed by atoms with Crippen LogP contribution in [0.3, 0.4) is 0 Å². The van der Waals surface area contributed by atoms with E-state index in [1.54, 1.807) is 31.1 Å². The summed E-state index contributed by atoms with van der Waals surface area (Å²) in [5.74, 6) is 1.33. The van der Waals surface area contributed by atoms with Gasteiger partial charge in [0.05, 0.1) is 11.7 Å². The first kappa shape index (κ1) is 27.5. The lowest BCUT2D eigenvalue weighted by Gasteiger charge is -2.04. The van der Waals surface area contributed by atoms with Crippen LogP contribution in [-0.2, 0) is 0 Å². The standard InChI is InChI=1S/3C10H11N3/c1-7(2)8-3-4-9-10(13-8)5-11-6-12-9;1-7(2)9-4-3-8-5-11-6-12-10(8)13-9;1-7(2)8-3-4-9-10(13-8)12-6-5-11-9/h3*3-7H,1-2H3. The lowest BCUT2D eigenvalue weighted by Crippen LogP contribution is -1.94. The molecule has 6 rings (SSSR count). The summed E-state index contributed by atoms with van der Waals surface area (Å²) in [6, 6.07) is 12.0. The Morgan fingerprint density at radius 2 is 1.03 bits per heavy atom. The third-order valence-electron chi connectivity index (χ3n) is 5.90. The first-order valence-corrected chi connectivity index (χ1v) is 13.0. The van der Waals surface area contributed by atoms with Gasteiger partial charge in [-0.05, 0) is 54.2 Å². The Hall–Kier alpha value is -4.53. The van der Waals surface area contributed by atoms with Crippen LogP contribution in [0, 0.1) is 0 Å². The van der Waals surface area contributed by atoms with E-state index in [4.69, 9.17) is 0 Å². The second-order valence-corrected chi connectivity index (χ2v) is 9.93. The number of pyridine rings is 3. The zero-order valence-corrected chi connectivity index (χ0v) is 23.2. The highest BCUT2D eigenvalue weighted by Gasteiger charge is 2.04. The smallest absolute Gasteiger partial charge is 0.178 e. The Labute approximate surface area is 228 Å². The molecule has 0 aliphatic rings. The molecule has 0 bridgehead atoms. The van der Waals surface area contributed by atoms with Crippen LogP contribution in [-0.4, -0.2) is 44.9 Å². The SMILES string of the molecule is CC(C)c1ccc2cncnc2n1.CC(C)c1ccc2nccnc2n1.CC(C)c1ccc2ncncc2n1. The van der Waals surface area contributed by atoms with Crippen LogP contribution >= 0.6 is 0 Å². The average Bonchev–Trinajstić information content (AvgIpc) is 2.97. The van der Waals surface area contributed by atoms with Crippen LogP contribution in [0.1, 0.15) is 76.4 Å². The molecule has 9 nitrogen and oxygen atoms in total. The number of fused-ring (bicyclic) bond motifs is 3. The molecule has 0 spiro atoms. The fraction of sp³-hybridized carbons (Fsp3) is 0.300. The van der Waals surface area contributed by atoms with Crippen LogP contribution in [0.4, 0.5) is 0 Å². The molecule has 0 unspecified atom stereocenters. The largest absolute Gasteiger partial charge is 0.251 e. The van der Waals surface area contributed by atoms with Crippen molar-refractivity contribution >= 4 is 33.2 Å². The lowest BCUT2D eigenvalue weighted by atomic mass is 10.1. The monoisotopic (exact) mass is 519 g/mol.